The van der Waals surface area contributed by atoms with E-state index >= 15 is 0 Å². The number of nitrogens with zero attached hydrogens (tertiary/aromatic N) is 4. The predicted molar refractivity (Wildman–Crippen MR) is 128 cm³/mol. The second-order valence-corrected chi connectivity index (χ2v) is 9.41. The van der Waals surface area contributed by atoms with Gasteiger partial charge in [0.15, 0.2) is 0 Å². The number of H-pyrrole nitrogens is 1. The number of nitrogens with one attached hydrogen (secondary N) is 2. The number of pyridine rings is 1. The Morgan fingerprint density at radius 3 is 2.86 bits per heavy atom. The molecule has 0 aliphatic carbocycles. The van der Waals surface area contributed by atoms with Crippen molar-refractivity contribution in [3.05, 3.63) is 70.8 Å². The Morgan fingerprint density at radius 2 is 2.09 bits per heavy atom. The lowest BCUT2D eigenvalue weighted by Crippen LogP contribution is -2.37. The zero-order chi connectivity index (χ0) is 24.1. The lowest BCUT2D eigenvalue weighted by molar-refractivity contribution is 0.0563. The van der Waals surface area contributed by atoms with Crippen LogP contribution < -0.4 is 5.32 Å². The van der Waals surface area contributed by atoms with Gasteiger partial charge in [0.2, 0.25) is 0 Å². The molecule has 1 fully saturated rings. The van der Waals surface area contributed by atoms with Crippen LogP contribution in [0, 0.1) is 6.92 Å². The van der Waals surface area contributed by atoms with Gasteiger partial charge < -0.3 is 15.2 Å². The quantitative estimate of drug-likeness (QED) is 0.446. The van der Waals surface area contributed by atoms with Crippen LogP contribution in [-0.2, 0) is 13.0 Å². The molecule has 0 saturated carbocycles. The molecular weight excluding hydrogens is 450 g/mol. The summed E-state index contributed by atoms with van der Waals surface area (Å²) in [5, 5.41) is 8.35. The summed E-state index contributed by atoms with van der Waals surface area (Å²) in [5.74, 6) is -0.269. The van der Waals surface area contributed by atoms with Crippen molar-refractivity contribution in [2.24, 2.45) is 0 Å². The van der Waals surface area contributed by atoms with E-state index in [1.165, 1.54) is 17.3 Å². The maximum absolute atomic E-state index is 13.1. The first-order valence-corrected chi connectivity index (χ1v) is 11.9. The number of benzene rings is 1. The maximum Gasteiger partial charge on any atom is 0.333 e. The largest absolute Gasteiger partial charge is 0.346 e. The highest BCUT2D eigenvalue weighted by Gasteiger charge is 2.29. The van der Waals surface area contributed by atoms with Crippen LogP contribution >= 0.6 is 0 Å². The number of carbonyl (C=O) groups excluding carboxylic acids is 1. The SMILES string of the molecule is Cc1c[nH]c2ncc(-c3cc4c(c([C@@H]5CCCN5)c3)CN(C(=O)c3cnn(C(F)F)c3)CC4)cc12. The van der Waals surface area contributed by atoms with E-state index in [0.717, 1.165) is 58.9 Å². The average molecular weight is 477 g/mol. The zero-order valence-electron chi connectivity index (χ0n) is 19.4. The lowest BCUT2D eigenvalue weighted by atomic mass is 9.87. The fourth-order valence-corrected chi connectivity index (χ4v) is 5.33. The summed E-state index contributed by atoms with van der Waals surface area (Å²) in [6.45, 7) is 1.26. The number of aryl methyl sites for hydroxylation is 1. The summed E-state index contributed by atoms with van der Waals surface area (Å²) in [7, 11) is 0. The molecule has 2 N–H and O–H groups in total. The van der Waals surface area contributed by atoms with E-state index in [9.17, 15) is 13.6 Å². The van der Waals surface area contributed by atoms with Gasteiger partial charge in [0, 0.05) is 48.7 Å². The van der Waals surface area contributed by atoms with E-state index in [1.807, 2.05) is 12.4 Å². The molecule has 1 amide bonds. The van der Waals surface area contributed by atoms with Crippen molar-refractivity contribution >= 4 is 16.9 Å². The number of alkyl halides is 2. The molecule has 0 spiro atoms. The number of fused-ring (bicyclic) bond motifs is 2. The fraction of sp³-hybridized carbons (Fsp3) is 0.346. The number of hydrogen-bond donors (Lipinski definition) is 2. The van der Waals surface area contributed by atoms with Crippen molar-refractivity contribution in [2.75, 3.05) is 13.1 Å². The first kappa shape index (κ1) is 21.9. The van der Waals surface area contributed by atoms with Crippen LogP contribution in [0.5, 0.6) is 0 Å². The van der Waals surface area contributed by atoms with Gasteiger partial charge in [-0.25, -0.2) is 9.67 Å². The highest BCUT2D eigenvalue weighted by Crippen LogP contribution is 2.36. The molecule has 1 atom stereocenters. The van der Waals surface area contributed by atoms with Crippen LogP contribution in [0.15, 0.2) is 43.0 Å². The van der Waals surface area contributed by atoms with Gasteiger partial charge in [-0.1, -0.05) is 6.07 Å². The smallest absolute Gasteiger partial charge is 0.333 e. The minimum Gasteiger partial charge on any atom is -0.346 e. The number of hydrogen-bond acceptors (Lipinski definition) is 4. The highest BCUT2D eigenvalue weighted by molar-refractivity contribution is 5.94. The third-order valence-electron chi connectivity index (χ3n) is 7.22. The molecule has 5 heterocycles. The molecule has 35 heavy (non-hydrogen) atoms. The summed E-state index contributed by atoms with van der Waals surface area (Å²) in [5.41, 5.74) is 8.01. The molecule has 2 aliphatic rings. The van der Waals surface area contributed by atoms with Crippen molar-refractivity contribution < 1.29 is 13.6 Å². The molecule has 7 nitrogen and oxygen atoms in total. The number of halogens is 2. The normalized spacial score (nSPS) is 17.9. The Bertz CT molecular complexity index is 1420. The van der Waals surface area contributed by atoms with Crippen LogP contribution in [-0.4, -0.2) is 43.6 Å². The summed E-state index contributed by atoms with van der Waals surface area (Å²) in [4.78, 5) is 22.7. The maximum atomic E-state index is 13.1. The molecule has 6 rings (SSSR count). The van der Waals surface area contributed by atoms with E-state index < -0.39 is 6.55 Å². The molecule has 0 unspecified atom stereocenters. The lowest BCUT2D eigenvalue weighted by Gasteiger charge is -2.32. The summed E-state index contributed by atoms with van der Waals surface area (Å²) in [6.07, 6.45) is 9.07. The molecule has 180 valence electrons. The van der Waals surface area contributed by atoms with Crippen LogP contribution in [0.2, 0.25) is 0 Å². The monoisotopic (exact) mass is 476 g/mol. The van der Waals surface area contributed by atoms with Crippen molar-refractivity contribution in [1.29, 1.82) is 0 Å². The minimum absolute atomic E-state index is 0.187. The minimum atomic E-state index is -2.76. The molecule has 1 aromatic carbocycles. The number of carbonyl (C=O) groups is 1. The zero-order valence-corrected chi connectivity index (χ0v) is 19.4. The van der Waals surface area contributed by atoms with E-state index in [1.54, 1.807) is 4.90 Å². The van der Waals surface area contributed by atoms with Gasteiger partial charge in [-0.15, -0.1) is 0 Å². The number of rotatable bonds is 4. The molecule has 3 aromatic heterocycles. The fourth-order valence-electron chi connectivity index (χ4n) is 5.33. The molecule has 2 aliphatic heterocycles. The van der Waals surface area contributed by atoms with Crippen LogP contribution in [0.25, 0.3) is 22.2 Å². The standard InChI is InChI=1S/C26H26F2N6O/c1-15-10-30-24-20(15)9-18(11-31-24)17-7-16-4-6-33(25(35)19-12-32-34(13-19)26(27)28)14-22(16)21(8-17)23-3-2-5-29-23/h7-13,23,26,29H,2-6,14H2,1H3,(H,30,31)/t23-/m0/s1. The van der Waals surface area contributed by atoms with Crippen LogP contribution in [0.3, 0.4) is 0 Å². The topological polar surface area (TPSA) is 78.8 Å². The van der Waals surface area contributed by atoms with Crippen molar-refractivity contribution in [3.63, 3.8) is 0 Å². The van der Waals surface area contributed by atoms with Gasteiger partial charge in [-0.3, -0.25) is 4.79 Å². The van der Waals surface area contributed by atoms with Crippen molar-refractivity contribution in [2.45, 2.75) is 45.3 Å². The molecule has 9 heteroatoms. The average Bonchev–Trinajstić information content (AvgIpc) is 3.64. The second kappa shape index (κ2) is 8.57. The van der Waals surface area contributed by atoms with Gasteiger partial charge in [-0.05, 0) is 72.7 Å². The second-order valence-electron chi connectivity index (χ2n) is 9.41. The van der Waals surface area contributed by atoms with Gasteiger partial charge in [0.1, 0.15) is 5.65 Å². The number of aromatic amines is 1. The number of amides is 1. The first-order chi connectivity index (χ1) is 17.0. The Labute approximate surface area is 201 Å². The van der Waals surface area contributed by atoms with E-state index in [0.29, 0.717) is 24.2 Å². The van der Waals surface area contributed by atoms with E-state index in [2.05, 4.69) is 45.5 Å². The van der Waals surface area contributed by atoms with Gasteiger partial charge in [-0.2, -0.15) is 13.9 Å². The summed E-state index contributed by atoms with van der Waals surface area (Å²) in [6, 6.07) is 6.86. The molecule has 0 bridgehead atoms. The molecule has 4 aromatic rings. The Morgan fingerprint density at radius 1 is 1.20 bits per heavy atom. The van der Waals surface area contributed by atoms with Crippen molar-refractivity contribution in [3.8, 4) is 11.1 Å². The van der Waals surface area contributed by atoms with Crippen molar-refractivity contribution in [1.82, 2.24) is 30.0 Å². The summed E-state index contributed by atoms with van der Waals surface area (Å²) < 4.78 is 26.4. The van der Waals surface area contributed by atoms with Gasteiger partial charge in [0.25, 0.3) is 5.91 Å². The Hall–Kier alpha value is -3.59. The van der Waals surface area contributed by atoms with Crippen LogP contribution in [0.4, 0.5) is 8.78 Å². The van der Waals surface area contributed by atoms with Gasteiger partial charge in [0.05, 0.1) is 11.8 Å². The molecule has 0 radical (unpaired) electrons. The van der Waals surface area contributed by atoms with E-state index in [-0.39, 0.29) is 17.5 Å². The number of aromatic nitrogens is 4. The predicted octanol–water partition coefficient (Wildman–Crippen LogP) is 4.75. The van der Waals surface area contributed by atoms with E-state index in [4.69, 9.17) is 0 Å². The first-order valence-electron chi connectivity index (χ1n) is 11.9. The Kier molecular flexibility index (Phi) is 5.36. The highest BCUT2D eigenvalue weighted by atomic mass is 19.3. The van der Waals surface area contributed by atoms with Gasteiger partial charge >= 0.3 is 6.55 Å². The summed E-state index contributed by atoms with van der Waals surface area (Å²) >= 11 is 0. The van der Waals surface area contributed by atoms with Crippen LogP contribution in [0.1, 0.15) is 58.0 Å². The third-order valence-corrected chi connectivity index (χ3v) is 7.22. The third kappa shape index (κ3) is 3.89. The molecular formula is C26H26F2N6O. The Balaban J connectivity index is 1.37. The molecule has 1 saturated heterocycles.